The predicted molar refractivity (Wildman–Crippen MR) is 127 cm³/mol. The molecule has 1 unspecified atom stereocenters. The number of methoxy groups -OCH3 is 1. The maximum atomic E-state index is 6.24. The smallest absolute Gasteiger partial charge is 0.162 e. The topological polar surface area (TPSA) is 50.3 Å². The van der Waals surface area contributed by atoms with Crippen LogP contribution in [0.2, 0.25) is 5.02 Å². The van der Waals surface area contributed by atoms with Crippen LogP contribution in [-0.4, -0.2) is 47.7 Å². The highest BCUT2D eigenvalue weighted by Crippen LogP contribution is 2.28. The molecule has 160 valence electrons. The standard InChI is InChI=1S/C24H31ClN4O/c1-5-29(6-2)15-7-8-17(3)26-24-21-14-11-19(25)16-22(21)27-23(28-24)18-9-12-20(30-4)13-10-18/h9-14,16-17H,5-8,15H2,1-4H3,(H,26,27,28). The molecule has 0 aliphatic carbocycles. The van der Waals surface area contributed by atoms with Gasteiger partial charge in [0.05, 0.1) is 12.6 Å². The van der Waals surface area contributed by atoms with Crippen LogP contribution in [0.3, 0.4) is 0 Å². The molecular formula is C24H31ClN4O. The average Bonchev–Trinajstić information content (AvgIpc) is 2.76. The summed E-state index contributed by atoms with van der Waals surface area (Å²) < 4.78 is 5.26. The van der Waals surface area contributed by atoms with E-state index in [9.17, 15) is 0 Å². The van der Waals surface area contributed by atoms with E-state index in [1.54, 1.807) is 7.11 Å². The molecule has 0 radical (unpaired) electrons. The first-order chi connectivity index (χ1) is 14.5. The Bertz CT molecular complexity index is 957. The van der Waals surface area contributed by atoms with Crippen molar-refractivity contribution in [2.24, 2.45) is 0 Å². The van der Waals surface area contributed by atoms with Crippen LogP contribution in [0.4, 0.5) is 5.82 Å². The molecule has 0 saturated heterocycles. The normalized spacial score (nSPS) is 12.3. The lowest BCUT2D eigenvalue weighted by Gasteiger charge is -2.20. The summed E-state index contributed by atoms with van der Waals surface area (Å²) in [5, 5.41) is 5.26. The molecule has 3 rings (SSSR count). The first-order valence-electron chi connectivity index (χ1n) is 10.6. The van der Waals surface area contributed by atoms with Crippen molar-refractivity contribution in [2.45, 2.75) is 39.7 Å². The Kier molecular flexibility index (Phi) is 7.88. The van der Waals surface area contributed by atoms with Gasteiger partial charge in [0.1, 0.15) is 11.6 Å². The highest BCUT2D eigenvalue weighted by Gasteiger charge is 2.13. The molecule has 0 aliphatic heterocycles. The second kappa shape index (κ2) is 10.6. The molecule has 2 aromatic carbocycles. The average molecular weight is 427 g/mol. The number of hydrogen-bond donors (Lipinski definition) is 1. The monoisotopic (exact) mass is 426 g/mol. The molecule has 0 amide bonds. The number of halogens is 1. The summed E-state index contributed by atoms with van der Waals surface area (Å²) in [6.45, 7) is 9.95. The fourth-order valence-electron chi connectivity index (χ4n) is 3.55. The second-order valence-electron chi connectivity index (χ2n) is 7.50. The van der Waals surface area contributed by atoms with Gasteiger partial charge in [-0.2, -0.15) is 0 Å². The Morgan fingerprint density at radius 1 is 1.07 bits per heavy atom. The summed E-state index contributed by atoms with van der Waals surface area (Å²) >= 11 is 6.24. The van der Waals surface area contributed by atoms with E-state index in [1.807, 2.05) is 42.5 Å². The van der Waals surface area contributed by atoms with Crippen molar-refractivity contribution in [1.82, 2.24) is 14.9 Å². The number of nitrogens with one attached hydrogen (secondary N) is 1. The quantitative estimate of drug-likeness (QED) is 0.438. The molecule has 5 nitrogen and oxygen atoms in total. The van der Waals surface area contributed by atoms with E-state index in [0.717, 1.165) is 60.5 Å². The number of nitrogens with zero attached hydrogens (tertiary/aromatic N) is 3. The van der Waals surface area contributed by atoms with Crippen LogP contribution < -0.4 is 10.1 Å². The van der Waals surface area contributed by atoms with E-state index in [4.69, 9.17) is 26.3 Å². The number of aromatic nitrogens is 2. The fourth-order valence-corrected chi connectivity index (χ4v) is 3.71. The Morgan fingerprint density at radius 3 is 2.47 bits per heavy atom. The van der Waals surface area contributed by atoms with Crippen molar-refractivity contribution in [3.63, 3.8) is 0 Å². The Hall–Kier alpha value is -2.37. The zero-order chi connectivity index (χ0) is 21.5. The molecule has 0 fully saturated rings. The van der Waals surface area contributed by atoms with Gasteiger partial charge in [0.15, 0.2) is 5.82 Å². The first-order valence-corrected chi connectivity index (χ1v) is 11.0. The van der Waals surface area contributed by atoms with Crippen molar-refractivity contribution in [3.8, 4) is 17.1 Å². The van der Waals surface area contributed by atoms with Crippen LogP contribution >= 0.6 is 11.6 Å². The predicted octanol–water partition coefficient (Wildman–Crippen LogP) is 5.88. The van der Waals surface area contributed by atoms with Crippen LogP contribution in [0.1, 0.15) is 33.6 Å². The minimum atomic E-state index is 0.304. The van der Waals surface area contributed by atoms with Crippen LogP contribution in [0, 0.1) is 0 Å². The van der Waals surface area contributed by atoms with E-state index < -0.39 is 0 Å². The molecule has 0 bridgehead atoms. The van der Waals surface area contributed by atoms with E-state index in [2.05, 4.69) is 31.0 Å². The van der Waals surface area contributed by atoms with Gasteiger partial charge in [-0.05, 0) is 81.9 Å². The van der Waals surface area contributed by atoms with Gasteiger partial charge in [-0.15, -0.1) is 0 Å². The van der Waals surface area contributed by atoms with Gasteiger partial charge in [-0.1, -0.05) is 25.4 Å². The zero-order valence-electron chi connectivity index (χ0n) is 18.3. The van der Waals surface area contributed by atoms with Gasteiger partial charge in [0.25, 0.3) is 0 Å². The first kappa shape index (κ1) is 22.3. The highest BCUT2D eigenvalue weighted by atomic mass is 35.5. The third kappa shape index (κ3) is 5.61. The van der Waals surface area contributed by atoms with Crippen LogP contribution in [0.15, 0.2) is 42.5 Å². The molecule has 1 N–H and O–H groups in total. The summed E-state index contributed by atoms with van der Waals surface area (Å²) in [5.74, 6) is 2.32. The van der Waals surface area contributed by atoms with E-state index in [1.165, 1.54) is 0 Å². The molecule has 1 aromatic heterocycles. The van der Waals surface area contributed by atoms with Crippen molar-refractivity contribution in [2.75, 3.05) is 32.1 Å². The number of anilines is 1. The largest absolute Gasteiger partial charge is 0.497 e. The number of benzene rings is 2. The molecular weight excluding hydrogens is 396 g/mol. The molecule has 1 atom stereocenters. The van der Waals surface area contributed by atoms with Gasteiger partial charge in [0, 0.05) is 22.0 Å². The summed E-state index contributed by atoms with van der Waals surface area (Å²) in [6.07, 6.45) is 2.23. The third-order valence-electron chi connectivity index (χ3n) is 5.40. The Labute approximate surface area is 184 Å². The lowest BCUT2D eigenvalue weighted by molar-refractivity contribution is 0.295. The molecule has 0 saturated carbocycles. The molecule has 30 heavy (non-hydrogen) atoms. The lowest BCUT2D eigenvalue weighted by atomic mass is 10.1. The summed E-state index contributed by atoms with van der Waals surface area (Å²) in [7, 11) is 1.66. The van der Waals surface area contributed by atoms with Crippen molar-refractivity contribution >= 4 is 28.3 Å². The van der Waals surface area contributed by atoms with Crippen molar-refractivity contribution in [3.05, 3.63) is 47.5 Å². The van der Waals surface area contributed by atoms with Gasteiger partial charge in [-0.3, -0.25) is 0 Å². The highest BCUT2D eigenvalue weighted by molar-refractivity contribution is 6.31. The number of fused-ring (bicyclic) bond motifs is 1. The number of rotatable bonds is 10. The van der Waals surface area contributed by atoms with Crippen molar-refractivity contribution < 1.29 is 4.74 Å². The van der Waals surface area contributed by atoms with Crippen LogP contribution in [0.25, 0.3) is 22.3 Å². The lowest BCUT2D eigenvalue weighted by Crippen LogP contribution is -2.25. The molecule has 3 aromatic rings. The van der Waals surface area contributed by atoms with Gasteiger partial charge in [0.2, 0.25) is 0 Å². The van der Waals surface area contributed by atoms with E-state index >= 15 is 0 Å². The van der Waals surface area contributed by atoms with E-state index in [0.29, 0.717) is 16.9 Å². The van der Waals surface area contributed by atoms with E-state index in [-0.39, 0.29) is 0 Å². The summed E-state index contributed by atoms with van der Waals surface area (Å²) in [5.41, 5.74) is 1.77. The van der Waals surface area contributed by atoms with Gasteiger partial charge in [-0.25, -0.2) is 9.97 Å². The fraction of sp³-hybridized carbons (Fsp3) is 0.417. The third-order valence-corrected chi connectivity index (χ3v) is 5.63. The second-order valence-corrected chi connectivity index (χ2v) is 7.94. The SMILES string of the molecule is CCN(CC)CCCC(C)Nc1nc(-c2ccc(OC)cc2)nc2cc(Cl)ccc12. The number of ether oxygens (including phenoxy) is 1. The molecule has 0 spiro atoms. The molecule has 1 heterocycles. The minimum Gasteiger partial charge on any atom is -0.497 e. The Balaban J connectivity index is 1.84. The maximum Gasteiger partial charge on any atom is 0.162 e. The minimum absolute atomic E-state index is 0.304. The van der Waals surface area contributed by atoms with Crippen LogP contribution in [-0.2, 0) is 0 Å². The van der Waals surface area contributed by atoms with Gasteiger partial charge >= 0.3 is 0 Å². The Morgan fingerprint density at radius 2 is 1.80 bits per heavy atom. The maximum absolute atomic E-state index is 6.24. The van der Waals surface area contributed by atoms with Gasteiger partial charge < -0.3 is 15.0 Å². The zero-order valence-corrected chi connectivity index (χ0v) is 19.0. The molecule has 0 aliphatic rings. The summed E-state index contributed by atoms with van der Waals surface area (Å²) in [4.78, 5) is 12.1. The van der Waals surface area contributed by atoms with Crippen LogP contribution in [0.5, 0.6) is 5.75 Å². The van der Waals surface area contributed by atoms with Crippen molar-refractivity contribution in [1.29, 1.82) is 0 Å². The number of hydrogen-bond acceptors (Lipinski definition) is 5. The molecule has 6 heteroatoms. The summed E-state index contributed by atoms with van der Waals surface area (Å²) in [6, 6.07) is 13.9.